The first-order valence-corrected chi connectivity index (χ1v) is 8.59. The van der Waals surface area contributed by atoms with E-state index in [-0.39, 0.29) is 5.69 Å². The smallest absolute Gasteiger partial charge is 0.358 e. The van der Waals surface area contributed by atoms with Crippen LogP contribution < -0.4 is 4.74 Å². The fourth-order valence-corrected chi connectivity index (χ4v) is 3.21. The molecule has 0 saturated carbocycles. The molecule has 0 radical (unpaired) electrons. The van der Waals surface area contributed by atoms with Gasteiger partial charge in [0.1, 0.15) is 5.75 Å². The van der Waals surface area contributed by atoms with Crippen LogP contribution in [0.25, 0.3) is 5.69 Å². The highest BCUT2D eigenvalue weighted by molar-refractivity contribution is 7.98. The second-order valence-corrected chi connectivity index (χ2v) is 6.45. The highest BCUT2D eigenvalue weighted by Gasteiger charge is 2.20. The molecule has 25 heavy (non-hydrogen) atoms. The number of methoxy groups -OCH3 is 1. The van der Waals surface area contributed by atoms with Crippen LogP contribution in [0.2, 0.25) is 0 Å². The fraction of sp³-hybridized carbons (Fsp3) is 0.167. The maximum absolute atomic E-state index is 11.5. The minimum atomic E-state index is -1.08. The van der Waals surface area contributed by atoms with Gasteiger partial charge in [-0.2, -0.15) is 0 Å². The third kappa shape index (κ3) is 3.83. The molecule has 0 fully saturated rings. The van der Waals surface area contributed by atoms with Crippen LogP contribution in [-0.2, 0) is 5.75 Å². The molecule has 1 heterocycles. The van der Waals surface area contributed by atoms with Crippen LogP contribution in [0.15, 0.2) is 53.4 Å². The number of hydrogen-bond donors (Lipinski definition) is 1. The third-order valence-corrected chi connectivity index (χ3v) is 4.70. The molecule has 3 aromatic rings. The van der Waals surface area contributed by atoms with Gasteiger partial charge in [-0.15, -0.1) is 16.9 Å². The summed E-state index contributed by atoms with van der Waals surface area (Å²) in [7, 11) is 1.59. The van der Waals surface area contributed by atoms with Gasteiger partial charge in [0.15, 0.2) is 5.69 Å². The number of thioether (sulfide) groups is 1. The largest absolute Gasteiger partial charge is 0.497 e. The number of carboxylic acid groups (broad SMARTS) is 1. The maximum Gasteiger partial charge on any atom is 0.358 e. The first-order chi connectivity index (χ1) is 12.1. The van der Waals surface area contributed by atoms with Crippen molar-refractivity contribution in [3.05, 3.63) is 65.5 Å². The van der Waals surface area contributed by atoms with E-state index in [2.05, 4.69) is 10.3 Å². The van der Waals surface area contributed by atoms with Crippen LogP contribution in [0, 0.1) is 6.92 Å². The van der Waals surface area contributed by atoms with Crippen molar-refractivity contribution in [2.24, 2.45) is 0 Å². The number of carboxylic acids is 1. The zero-order chi connectivity index (χ0) is 17.8. The zero-order valence-electron chi connectivity index (χ0n) is 13.8. The quantitative estimate of drug-likeness (QED) is 0.681. The topological polar surface area (TPSA) is 77.2 Å². The van der Waals surface area contributed by atoms with Crippen molar-refractivity contribution in [2.45, 2.75) is 17.6 Å². The predicted molar refractivity (Wildman–Crippen MR) is 95.6 cm³/mol. The first kappa shape index (κ1) is 17.0. The SMILES string of the molecule is COc1ccc(-n2nnc(C(=O)O)c2CSc2ccc(C)cc2)cc1. The Labute approximate surface area is 149 Å². The van der Waals surface area contributed by atoms with E-state index >= 15 is 0 Å². The van der Waals surface area contributed by atoms with Crippen molar-refractivity contribution in [1.29, 1.82) is 0 Å². The molecule has 0 unspecified atom stereocenters. The summed E-state index contributed by atoms with van der Waals surface area (Å²) in [6.07, 6.45) is 0. The van der Waals surface area contributed by atoms with Crippen LogP contribution in [0.3, 0.4) is 0 Å². The van der Waals surface area contributed by atoms with Gasteiger partial charge in [0.05, 0.1) is 18.5 Å². The van der Waals surface area contributed by atoms with E-state index in [4.69, 9.17) is 4.74 Å². The molecular formula is C18H17N3O3S. The molecule has 0 atom stereocenters. The molecule has 0 saturated heterocycles. The molecule has 1 aromatic heterocycles. The summed E-state index contributed by atoms with van der Waals surface area (Å²) < 4.78 is 6.71. The van der Waals surface area contributed by atoms with E-state index in [1.807, 2.05) is 43.3 Å². The van der Waals surface area contributed by atoms with Gasteiger partial charge in [-0.3, -0.25) is 0 Å². The molecule has 0 bridgehead atoms. The van der Waals surface area contributed by atoms with Gasteiger partial charge in [-0.05, 0) is 43.3 Å². The van der Waals surface area contributed by atoms with Gasteiger partial charge < -0.3 is 9.84 Å². The Kier molecular flexibility index (Phi) is 5.04. The van der Waals surface area contributed by atoms with Crippen LogP contribution in [0.1, 0.15) is 21.7 Å². The lowest BCUT2D eigenvalue weighted by atomic mass is 10.2. The third-order valence-electron chi connectivity index (χ3n) is 3.68. The number of rotatable bonds is 6. The molecule has 2 aromatic carbocycles. The lowest BCUT2D eigenvalue weighted by Gasteiger charge is -2.08. The average Bonchev–Trinajstić information content (AvgIpc) is 3.05. The Balaban J connectivity index is 1.91. The fourth-order valence-electron chi connectivity index (χ4n) is 2.31. The van der Waals surface area contributed by atoms with Crippen molar-refractivity contribution < 1.29 is 14.6 Å². The number of benzene rings is 2. The van der Waals surface area contributed by atoms with Crippen molar-refractivity contribution in [2.75, 3.05) is 7.11 Å². The van der Waals surface area contributed by atoms with Gasteiger partial charge in [0.25, 0.3) is 0 Å². The van der Waals surface area contributed by atoms with Crippen LogP contribution >= 0.6 is 11.8 Å². The summed E-state index contributed by atoms with van der Waals surface area (Å²) in [6.45, 7) is 2.03. The number of aromatic carboxylic acids is 1. The Morgan fingerprint density at radius 2 is 1.84 bits per heavy atom. The number of nitrogens with zero attached hydrogens (tertiary/aromatic N) is 3. The van der Waals surface area contributed by atoms with Crippen molar-refractivity contribution in [3.8, 4) is 11.4 Å². The minimum absolute atomic E-state index is 0.0320. The van der Waals surface area contributed by atoms with E-state index in [1.165, 1.54) is 5.56 Å². The molecule has 1 N–H and O–H groups in total. The van der Waals surface area contributed by atoms with Crippen LogP contribution in [0.5, 0.6) is 5.75 Å². The molecule has 0 aliphatic carbocycles. The molecule has 0 amide bonds. The zero-order valence-corrected chi connectivity index (χ0v) is 14.7. The Morgan fingerprint density at radius 3 is 2.44 bits per heavy atom. The van der Waals surface area contributed by atoms with Crippen LogP contribution in [0.4, 0.5) is 0 Å². The average molecular weight is 355 g/mol. The summed E-state index contributed by atoms with van der Waals surface area (Å²) in [6, 6.07) is 15.3. The lowest BCUT2D eigenvalue weighted by molar-refractivity contribution is 0.0689. The maximum atomic E-state index is 11.5. The molecular weight excluding hydrogens is 338 g/mol. The Hall–Kier alpha value is -2.80. The summed E-state index contributed by atoms with van der Waals surface area (Å²) in [5.74, 6) is 0.0844. The van der Waals surface area contributed by atoms with Gasteiger partial charge in [0, 0.05) is 10.6 Å². The van der Waals surface area contributed by atoms with E-state index in [0.717, 1.165) is 16.3 Å². The highest BCUT2D eigenvalue weighted by atomic mass is 32.2. The second kappa shape index (κ2) is 7.40. The standard InChI is InChI=1S/C18H17N3O3S/c1-12-3-9-15(10-4-12)25-11-16-17(18(22)23)19-20-21(16)13-5-7-14(24-2)8-6-13/h3-10H,11H2,1-2H3,(H,22,23). The molecule has 3 rings (SSSR count). The van der Waals surface area contributed by atoms with E-state index < -0.39 is 5.97 Å². The number of ether oxygens (including phenoxy) is 1. The summed E-state index contributed by atoms with van der Waals surface area (Å²) in [5, 5.41) is 17.2. The van der Waals surface area contributed by atoms with Gasteiger partial charge >= 0.3 is 5.97 Å². The van der Waals surface area contributed by atoms with Gasteiger partial charge in [0.2, 0.25) is 0 Å². The predicted octanol–water partition coefficient (Wildman–Crippen LogP) is 3.57. The number of aryl methyl sites for hydroxylation is 1. The molecule has 7 heteroatoms. The molecule has 128 valence electrons. The number of hydrogen-bond acceptors (Lipinski definition) is 5. The second-order valence-electron chi connectivity index (χ2n) is 5.40. The van der Waals surface area contributed by atoms with E-state index in [9.17, 15) is 9.90 Å². The highest BCUT2D eigenvalue weighted by Crippen LogP contribution is 2.26. The monoisotopic (exact) mass is 355 g/mol. The minimum Gasteiger partial charge on any atom is -0.497 e. The lowest BCUT2D eigenvalue weighted by Crippen LogP contribution is -2.06. The normalized spacial score (nSPS) is 10.6. The van der Waals surface area contributed by atoms with E-state index in [0.29, 0.717) is 11.4 Å². The first-order valence-electron chi connectivity index (χ1n) is 7.60. The van der Waals surface area contributed by atoms with Crippen molar-refractivity contribution >= 4 is 17.7 Å². The van der Waals surface area contributed by atoms with Crippen molar-refractivity contribution in [3.63, 3.8) is 0 Å². The summed E-state index contributed by atoms with van der Waals surface area (Å²) in [5.41, 5.74) is 2.43. The molecule has 0 aliphatic rings. The Morgan fingerprint density at radius 1 is 1.16 bits per heavy atom. The molecule has 0 aliphatic heterocycles. The van der Waals surface area contributed by atoms with Gasteiger partial charge in [-0.1, -0.05) is 22.9 Å². The number of carbonyl (C=O) groups is 1. The molecule has 0 spiro atoms. The Bertz CT molecular complexity index is 874. The van der Waals surface area contributed by atoms with Gasteiger partial charge in [-0.25, -0.2) is 9.48 Å². The van der Waals surface area contributed by atoms with Crippen molar-refractivity contribution in [1.82, 2.24) is 15.0 Å². The van der Waals surface area contributed by atoms with E-state index in [1.54, 1.807) is 35.7 Å². The summed E-state index contributed by atoms with van der Waals surface area (Å²) >= 11 is 1.55. The number of aromatic nitrogens is 3. The van der Waals surface area contributed by atoms with Crippen LogP contribution in [-0.4, -0.2) is 33.2 Å². The summed E-state index contributed by atoms with van der Waals surface area (Å²) in [4.78, 5) is 12.5. The molecule has 6 nitrogen and oxygen atoms in total.